The van der Waals surface area contributed by atoms with Crippen molar-refractivity contribution in [2.45, 2.75) is 362 Å². The minimum absolute atomic E-state index is 0.00955. The molecule has 4 N–H and O–H groups in total. The summed E-state index contributed by atoms with van der Waals surface area (Å²) in [6.45, 7) is 13.9. The molecule has 594 valence electrons. The summed E-state index contributed by atoms with van der Waals surface area (Å²) in [6.07, 6.45) is 63.0. The van der Waals surface area contributed by atoms with Gasteiger partial charge in [-0.1, -0.05) is 302 Å². The van der Waals surface area contributed by atoms with E-state index in [0.29, 0.717) is 55.2 Å². The molecule has 2 fully saturated rings. The van der Waals surface area contributed by atoms with Crippen LogP contribution in [0.4, 0.5) is 11.4 Å². The van der Waals surface area contributed by atoms with Crippen molar-refractivity contribution in [3.05, 3.63) is 96.1 Å². The molecule has 0 bridgehead atoms. The van der Waals surface area contributed by atoms with Crippen molar-refractivity contribution in [1.82, 2.24) is 14.0 Å². The van der Waals surface area contributed by atoms with Crippen LogP contribution in [0.3, 0.4) is 0 Å². The summed E-state index contributed by atoms with van der Waals surface area (Å²) in [4.78, 5) is 56.9. The fourth-order valence-electron chi connectivity index (χ4n) is 19.3. The monoisotopic (exact) mass is 1460 g/mol. The van der Waals surface area contributed by atoms with E-state index in [0.717, 1.165) is 124 Å². The first kappa shape index (κ1) is 87.2. The highest BCUT2D eigenvalue weighted by molar-refractivity contribution is 6.13. The van der Waals surface area contributed by atoms with Crippen LogP contribution in [0.5, 0.6) is 23.5 Å². The van der Waals surface area contributed by atoms with Crippen molar-refractivity contribution in [3.63, 3.8) is 0 Å². The molecule has 0 saturated heterocycles. The highest BCUT2D eigenvalue weighted by atomic mass is 16.3. The van der Waals surface area contributed by atoms with Gasteiger partial charge < -0.3 is 30.2 Å². The van der Waals surface area contributed by atoms with Crippen molar-refractivity contribution in [2.75, 3.05) is 29.4 Å². The summed E-state index contributed by atoms with van der Waals surface area (Å²) in [5.41, 5.74) is 1.91. The van der Waals surface area contributed by atoms with Crippen LogP contribution in [0.25, 0.3) is 0 Å². The summed E-state index contributed by atoms with van der Waals surface area (Å²) >= 11 is 0. The van der Waals surface area contributed by atoms with Crippen LogP contribution in [0.1, 0.15) is 370 Å². The average Bonchev–Trinajstić information content (AvgIpc) is 1.50. The van der Waals surface area contributed by atoms with Gasteiger partial charge in [0, 0.05) is 68.1 Å². The molecule has 1 aliphatic heterocycles. The zero-order chi connectivity index (χ0) is 75.5. The van der Waals surface area contributed by atoms with E-state index in [4.69, 9.17) is 0 Å². The molecule has 7 rings (SSSR count). The van der Waals surface area contributed by atoms with Crippen LogP contribution in [-0.4, -0.2) is 77.7 Å². The van der Waals surface area contributed by atoms with E-state index in [9.17, 15) is 39.6 Å². The molecule has 4 amide bonds. The van der Waals surface area contributed by atoms with Gasteiger partial charge in [0.2, 0.25) is 11.8 Å². The Morgan fingerprint density at radius 3 is 1.04 bits per heavy atom. The molecule has 8 atom stereocenters. The molecule has 2 saturated carbocycles. The van der Waals surface area contributed by atoms with Gasteiger partial charge in [-0.3, -0.25) is 33.2 Å². The Hall–Kier alpha value is -5.98. The molecule has 3 aliphatic rings. The number of aromatic hydroxyl groups is 4. The van der Waals surface area contributed by atoms with Gasteiger partial charge in [-0.15, -0.1) is 0 Å². The maximum atomic E-state index is 14.3. The second-order valence-corrected chi connectivity index (χ2v) is 33.0. The van der Waals surface area contributed by atoms with E-state index in [2.05, 4.69) is 27.7 Å². The number of rotatable bonds is 58. The van der Waals surface area contributed by atoms with E-state index >= 15 is 0 Å². The maximum absolute atomic E-state index is 14.3. The number of hydrogen-bond donors (Lipinski definition) is 4. The smallest absolute Gasteiger partial charge is 0.258 e. The lowest BCUT2D eigenvalue weighted by atomic mass is 9.61. The zero-order valence-corrected chi connectivity index (χ0v) is 67.5. The third kappa shape index (κ3) is 28.5. The van der Waals surface area contributed by atoms with E-state index in [1.54, 1.807) is 20.4 Å². The lowest BCUT2D eigenvalue weighted by Gasteiger charge is -2.44. The number of aromatic nitrogens is 2. The number of carbonyl (C=O) groups is 4. The number of imide groups is 1. The molecule has 0 spiro atoms. The van der Waals surface area contributed by atoms with Gasteiger partial charge in [-0.2, -0.15) is 0 Å². The maximum Gasteiger partial charge on any atom is 0.258 e. The average molecular weight is 1470 g/mol. The Morgan fingerprint density at radius 2 is 0.651 bits per heavy atom. The first-order chi connectivity index (χ1) is 51.8. The van der Waals surface area contributed by atoms with Gasteiger partial charge in [0.25, 0.3) is 23.6 Å². The second kappa shape index (κ2) is 50.7. The number of anilines is 2. The molecule has 0 radical (unpaired) electrons. The minimum atomic E-state index is -0.167. The highest BCUT2D eigenvalue weighted by Gasteiger charge is 2.40. The molecule has 2 aromatic heterocycles. The predicted molar refractivity (Wildman–Crippen MR) is 440 cm³/mol. The number of benzene rings is 2. The molecule has 2 aliphatic carbocycles. The van der Waals surface area contributed by atoms with Crippen molar-refractivity contribution in [2.24, 2.45) is 47.3 Å². The van der Waals surface area contributed by atoms with Crippen molar-refractivity contribution in [3.8, 4) is 23.5 Å². The fraction of sp³-hybridized carbons (Fsp3) is 0.720. The number of nitrogens with zero attached hydrogens (tertiary/aromatic N) is 5. The van der Waals surface area contributed by atoms with Gasteiger partial charge in [0.1, 0.15) is 11.4 Å². The lowest BCUT2D eigenvalue weighted by Crippen LogP contribution is -2.35. The van der Waals surface area contributed by atoms with Crippen molar-refractivity contribution < 1.29 is 39.6 Å². The summed E-state index contributed by atoms with van der Waals surface area (Å²) in [6, 6.07) is 21.8. The Bertz CT molecular complexity index is 3060. The van der Waals surface area contributed by atoms with E-state index in [-0.39, 0.29) is 47.1 Å². The largest absolute Gasteiger partial charge is 0.494 e. The zero-order valence-electron chi connectivity index (χ0n) is 67.5. The number of unbranched alkanes of at least 4 members (excludes halogenated alkanes) is 28. The standard InChI is InChI=1S/C93H149N5O8/c1-6-11-14-15-26-42-58-81-75(50-13-8-3)63-64-77(83(81)60-44-27-18-22-30-46-68-94(90(103)78-53-38-33-39-54-78)84-72-88(101)97(67-10-5)92(84)105)52-37-24-16-20-29-45-69-95(91(104)79-55-40-34-41-56-79)85-73-89(102)98(93(85)106)71-48-32-23-19-28-43-59-82-76(62-61-74(49-9-4)80(82)57-35-12-7-2)51-36-25-17-21-31-47-70-96-86(99)65-66-87(96)100/h33-34,38-41,53-56,65-66,72-77,80-83,101-102,105-106H,6-32,35-37,42-52,57-64,67-71H2,1-5H3. The third-order valence-corrected chi connectivity index (χ3v) is 25.2. The normalized spacial score (nSPS) is 19.6. The Labute approximate surface area is 643 Å². The van der Waals surface area contributed by atoms with Crippen LogP contribution < -0.4 is 9.80 Å². The third-order valence-electron chi connectivity index (χ3n) is 25.2. The fourth-order valence-corrected chi connectivity index (χ4v) is 19.3. The molecule has 13 heteroatoms. The van der Waals surface area contributed by atoms with Gasteiger partial charge >= 0.3 is 0 Å². The summed E-state index contributed by atoms with van der Waals surface area (Å²) in [5, 5.41) is 45.2. The summed E-state index contributed by atoms with van der Waals surface area (Å²) < 4.78 is 3.10. The predicted octanol–water partition coefficient (Wildman–Crippen LogP) is 25.2. The van der Waals surface area contributed by atoms with Crippen LogP contribution in [0, 0.1) is 47.3 Å². The minimum Gasteiger partial charge on any atom is -0.494 e. The van der Waals surface area contributed by atoms with Crippen molar-refractivity contribution in [1.29, 1.82) is 0 Å². The first-order valence-electron chi connectivity index (χ1n) is 44.3. The van der Waals surface area contributed by atoms with E-state index in [1.807, 2.05) is 67.6 Å². The van der Waals surface area contributed by atoms with Crippen LogP contribution in [-0.2, 0) is 22.7 Å². The van der Waals surface area contributed by atoms with E-state index < -0.39 is 0 Å². The number of hydrogen-bond acceptors (Lipinski definition) is 8. The molecule has 2 aromatic carbocycles. The van der Waals surface area contributed by atoms with Gasteiger partial charge in [0.05, 0.1) is 0 Å². The topological polar surface area (TPSA) is 169 Å². The number of carbonyl (C=O) groups excluding carboxylic acids is 4. The lowest BCUT2D eigenvalue weighted by molar-refractivity contribution is -0.136. The van der Waals surface area contributed by atoms with Gasteiger partial charge in [-0.05, 0) is 155 Å². The molecular formula is C93H149N5O8. The molecule has 4 aromatic rings. The molecule has 8 unspecified atom stereocenters. The van der Waals surface area contributed by atoms with Crippen LogP contribution in [0.15, 0.2) is 84.9 Å². The Balaban J connectivity index is 0.854. The molecular weight excluding hydrogens is 1320 g/mol. The Kier molecular flexibility index (Phi) is 41.7. The van der Waals surface area contributed by atoms with Gasteiger partial charge in [0.15, 0.2) is 11.8 Å². The van der Waals surface area contributed by atoms with E-state index in [1.165, 1.54) is 265 Å². The first-order valence-corrected chi connectivity index (χ1v) is 44.3. The Morgan fingerprint density at radius 1 is 0.340 bits per heavy atom. The van der Waals surface area contributed by atoms with Gasteiger partial charge in [-0.25, -0.2) is 0 Å². The molecule has 13 nitrogen and oxygen atoms in total. The quantitative estimate of drug-likeness (QED) is 0.0250. The second-order valence-electron chi connectivity index (χ2n) is 33.0. The highest BCUT2D eigenvalue weighted by Crippen LogP contribution is 2.50. The molecule has 3 heterocycles. The van der Waals surface area contributed by atoms with Crippen molar-refractivity contribution >= 4 is 35.0 Å². The summed E-state index contributed by atoms with van der Waals surface area (Å²) in [5.74, 6) is 5.93. The SMILES string of the molecule is CCCCCCCCC1C(CCCC)CCC(CCCCCCCCN(C(=O)c2ccccc2)c2cc(O)n(CCCCCCCCC3C(CCCCCCCCN4C(=O)C=CC4=O)CCC(CCC)C3CCCCC)c2O)C1CCCCCCCCN(C(=O)c1ccccc1)c1cc(O)n(CCC)c1O. The summed E-state index contributed by atoms with van der Waals surface area (Å²) in [7, 11) is 0. The molecule has 106 heavy (non-hydrogen) atoms. The van der Waals surface area contributed by atoms with Crippen LogP contribution >= 0.6 is 0 Å². The number of amides is 4. The van der Waals surface area contributed by atoms with Crippen LogP contribution in [0.2, 0.25) is 0 Å².